The van der Waals surface area contributed by atoms with Gasteiger partial charge in [0.05, 0.1) is 5.69 Å². The lowest BCUT2D eigenvalue weighted by Gasteiger charge is -2.18. The van der Waals surface area contributed by atoms with Crippen LogP contribution in [0.3, 0.4) is 0 Å². The number of rotatable bonds is 5. The Morgan fingerprint density at radius 2 is 1.91 bits per heavy atom. The van der Waals surface area contributed by atoms with Gasteiger partial charge in [-0.25, -0.2) is 14.3 Å². The van der Waals surface area contributed by atoms with E-state index in [-0.39, 0.29) is 17.5 Å². The van der Waals surface area contributed by atoms with Crippen LogP contribution in [0.4, 0.5) is 11.6 Å². The van der Waals surface area contributed by atoms with Gasteiger partial charge in [-0.15, -0.1) is 0 Å². The molecule has 0 amide bonds. The monoisotopic (exact) mass is 443 g/mol. The molecular weight excluding hydrogens is 414 g/mol. The van der Waals surface area contributed by atoms with E-state index in [1.165, 1.54) is 11.1 Å². The number of benzene rings is 1. The maximum Gasteiger partial charge on any atom is 0.278 e. The fourth-order valence-corrected chi connectivity index (χ4v) is 4.34. The van der Waals surface area contributed by atoms with Gasteiger partial charge in [0.25, 0.3) is 5.56 Å². The van der Waals surface area contributed by atoms with Crippen molar-refractivity contribution in [3.8, 4) is 5.69 Å². The van der Waals surface area contributed by atoms with Gasteiger partial charge in [-0.3, -0.25) is 9.78 Å². The Hall–Kier alpha value is -3.52. The first-order valence-corrected chi connectivity index (χ1v) is 11.5. The molecule has 0 saturated heterocycles. The van der Waals surface area contributed by atoms with E-state index < -0.39 is 0 Å². The summed E-state index contributed by atoms with van der Waals surface area (Å²) in [4.78, 5) is 27.0. The highest BCUT2D eigenvalue weighted by Gasteiger charge is 2.20. The van der Waals surface area contributed by atoms with Crippen molar-refractivity contribution in [2.24, 2.45) is 0 Å². The molecule has 0 bridgehead atoms. The zero-order chi connectivity index (χ0) is 23.1. The molecule has 0 atom stereocenters. The molecule has 1 aliphatic heterocycles. The molecule has 0 fully saturated rings. The third-order valence-corrected chi connectivity index (χ3v) is 6.06. The van der Waals surface area contributed by atoms with Crippen LogP contribution in [0.5, 0.6) is 0 Å². The number of hydrogen-bond donors (Lipinski definition) is 2. The molecule has 2 N–H and O–H groups in total. The van der Waals surface area contributed by atoms with E-state index in [4.69, 9.17) is 4.98 Å². The molecule has 0 aliphatic carbocycles. The first kappa shape index (κ1) is 21.3. The highest BCUT2D eigenvalue weighted by molar-refractivity contribution is 5.77. The fraction of sp³-hybridized carbons (Fsp3) is 0.360. The lowest BCUT2D eigenvalue weighted by molar-refractivity contribution is 0.475. The second-order valence-electron chi connectivity index (χ2n) is 9.12. The van der Waals surface area contributed by atoms with Crippen molar-refractivity contribution in [1.82, 2.24) is 29.6 Å². The van der Waals surface area contributed by atoms with E-state index in [1.807, 2.05) is 36.7 Å². The Morgan fingerprint density at radius 3 is 2.70 bits per heavy atom. The molecule has 1 aliphatic rings. The number of anilines is 2. The third kappa shape index (κ3) is 3.91. The summed E-state index contributed by atoms with van der Waals surface area (Å²) < 4.78 is 3.62. The van der Waals surface area contributed by atoms with E-state index in [2.05, 4.69) is 46.6 Å². The highest BCUT2D eigenvalue weighted by atomic mass is 16.1. The Kier molecular flexibility index (Phi) is 5.46. The van der Waals surface area contributed by atoms with Crippen molar-refractivity contribution in [2.45, 2.75) is 52.6 Å². The van der Waals surface area contributed by atoms with Crippen LogP contribution >= 0.6 is 0 Å². The first-order valence-electron chi connectivity index (χ1n) is 11.5. The summed E-state index contributed by atoms with van der Waals surface area (Å²) in [5, 5.41) is 7.22. The number of fused-ring (bicyclic) bond motifs is 2. The van der Waals surface area contributed by atoms with Gasteiger partial charge in [-0.05, 0) is 68.1 Å². The summed E-state index contributed by atoms with van der Waals surface area (Å²) in [6.07, 6.45) is 4.41. The van der Waals surface area contributed by atoms with E-state index in [9.17, 15) is 4.79 Å². The topological polar surface area (TPSA) is 89.7 Å². The van der Waals surface area contributed by atoms with Crippen molar-refractivity contribution in [2.75, 3.05) is 11.9 Å². The van der Waals surface area contributed by atoms with Crippen LogP contribution in [-0.4, -0.2) is 30.9 Å². The summed E-state index contributed by atoms with van der Waals surface area (Å²) in [5.74, 6) is 0.737. The molecule has 5 rings (SSSR count). The molecule has 8 heteroatoms. The quantitative estimate of drug-likeness (QED) is 0.483. The zero-order valence-corrected chi connectivity index (χ0v) is 19.5. The number of aromatic nitrogens is 5. The predicted octanol–water partition coefficient (Wildman–Crippen LogP) is 4.07. The Labute approximate surface area is 192 Å². The van der Waals surface area contributed by atoms with Crippen molar-refractivity contribution in [3.05, 3.63) is 69.9 Å². The number of nitrogens with zero attached hydrogens (tertiary/aromatic N) is 5. The molecule has 0 unspecified atom stereocenters. The number of hydrogen-bond acceptors (Lipinski definition) is 6. The molecule has 4 aromatic rings. The van der Waals surface area contributed by atoms with E-state index in [0.29, 0.717) is 17.0 Å². The average Bonchev–Trinajstić information content (AvgIpc) is 3.11. The van der Waals surface area contributed by atoms with E-state index in [1.54, 1.807) is 17.1 Å². The molecule has 4 heterocycles. The van der Waals surface area contributed by atoms with Crippen LogP contribution in [0.15, 0.2) is 47.5 Å². The number of pyridine rings is 1. The molecule has 0 spiro atoms. The second kappa shape index (κ2) is 8.44. The Bertz CT molecular complexity index is 1380. The van der Waals surface area contributed by atoms with Crippen molar-refractivity contribution in [3.63, 3.8) is 0 Å². The molecule has 0 radical (unpaired) electrons. The van der Waals surface area contributed by atoms with Crippen LogP contribution in [0.25, 0.3) is 16.7 Å². The van der Waals surface area contributed by atoms with Crippen LogP contribution < -0.4 is 16.2 Å². The zero-order valence-electron chi connectivity index (χ0n) is 19.5. The summed E-state index contributed by atoms with van der Waals surface area (Å²) in [6, 6.07) is 10.2. The first-order chi connectivity index (χ1) is 15.9. The largest absolute Gasteiger partial charge is 0.324 e. The molecule has 170 valence electrons. The molecule has 0 saturated carbocycles. The Morgan fingerprint density at radius 1 is 1.06 bits per heavy atom. The van der Waals surface area contributed by atoms with Gasteiger partial charge >= 0.3 is 0 Å². The van der Waals surface area contributed by atoms with Crippen LogP contribution in [-0.2, 0) is 13.0 Å². The lowest BCUT2D eigenvalue weighted by Crippen LogP contribution is -2.24. The minimum absolute atomic E-state index is 0.0481. The van der Waals surface area contributed by atoms with Crippen LogP contribution in [0, 0.1) is 0 Å². The van der Waals surface area contributed by atoms with Crippen molar-refractivity contribution < 1.29 is 0 Å². The average molecular weight is 444 g/mol. The maximum absolute atomic E-state index is 13.2. The van der Waals surface area contributed by atoms with Gasteiger partial charge < -0.3 is 10.6 Å². The molecule has 8 nitrogen and oxygen atoms in total. The van der Waals surface area contributed by atoms with Gasteiger partial charge in [-0.1, -0.05) is 19.9 Å². The maximum atomic E-state index is 13.2. The normalized spacial score (nSPS) is 13.6. The fourth-order valence-electron chi connectivity index (χ4n) is 4.34. The number of nitrogens with one attached hydrogen (secondary N) is 2. The van der Waals surface area contributed by atoms with Gasteiger partial charge in [0.15, 0.2) is 5.65 Å². The second-order valence-corrected chi connectivity index (χ2v) is 9.12. The van der Waals surface area contributed by atoms with Gasteiger partial charge in [0.1, 0.15) is 5.39 Å². The highest BCUT2D eigenvalue weighted by Crippen LogP contribution is 2.24. The Balaban J connectivity index is 1.62. The minimum atomic E-state index is -0.101. The van der Waals surface area contributed by atoms with Crippen LogP contribution in [0.1, 0.15) is 56.5 Å². The van der Waals surface area contributed by atoms with Crippen LogP contribution in [0.2, 0.25) is 0 Å². The third-order valence-electron chi connectivity index (χ3n) is 6.06. The molecular formula is C25H29N7O. The van der Waals surface area contributed by atoms with Crippen molar-refractivity contribution >= 4 is 22.7 Å². The minimum Gasteiger partial charge on any atom is -0.324 e. The van der Waals surface area contributed by atoms with Crippen molar-refractivity contribution in [1.29, 1.82) is 0 Å². The smallest absolute Gasteiger partial charge is 0.278 e. The van der Waals surface area contributed by atoms with Gasteiger partial charge in [0.2, 0.25) is 5.95 Å². The summed E-state index contributed by atoms with van der Waals surface area (Å²) in [6.45, 7) is 10.1. The SMILES string of the molecule is CC(C)c1cc(-n2c3nc(Nc4ccc5c(c4)CCNC5)ncc3c(=O)n2C(C)C)ccn1. The summed E-state index contributed by atoms with van der Waals surface area (Å²) in [5.41, 5.74) is 5.90. The van der Waals surface area contributed by atoms with E-state index in [0.717, 1.165) is 36.6 Å². The molecule has 33 heavy (non-hydrogen) atoms. The molecule has 3 aromatic heterocycles. The standard InChI is InChI=1S/C25H29N7O/c1-15(2)22-12-20(8-10-27-22)32-23-21(24(33)31(32)16(3)4)14-28-25(30-23)29-19-6-5-18-13-26-9-7-17(18)11-19/h5-6,8,10-12,14-16,26H,7,9,13H2,1-4H3,(H,28,29,30). The predicted molar refractivity (Wildman–Crippen MR) is 131 cm³/mol. The summed E-state index contributed by atoms with van der Waals surface area (Å²) >= 11 is 0. The van der Waals surface area contributed by atoms with E-state index >= 15 is 0 Å². The van der Waals surface area contributed by atoms with Gasteiger partial charge in [-0.2, -0.15) is 4.98 Å². The van der Waals surface area contributed by atoms with Gasteiger partial charge in [0, 0.05) is 36.4 Å². The molecule has 1 aromatic carbocycles. The lowest BCUT2D eigenvalue weighted by atomic mass is 10.0. The summed E-state index contributed by atoms with van der Waals surface area (Å²) in [7, 11) is 0.